The summed E-state index contributed by atoms with van der Waals surface area (Å²) in [6, 6.07) is 8.36. The lowest BCUT2D eigenvalue weighted by molar-refractivity contribution is 0.0255. The van der Waals surface area contributed by atoms with Crippen molar-refractivity contribution >= 4 is 6.09 Å². The summed E-state index contributed by atoms with van der Waals surface area (Å²) in [5.41, 5.74) is 1.44. The van der Waals surface area contributed by atoms with Gasteiger partial charge in [0.05, 0.1) is 7.11 Å². The van der Waals surface area contributed by atoms with Gasteiger partial charge < -0.3 is 14.4 Å². The van der Waals surface area contributed by atoms with E-state index in [1.807, 2.05) is 37.8 Å². The van der Waals surface area contributed by atoms with E-state index in [9.17, 15) is 4.79 Å². The van der Waals surface area contributed by atoms with Gasteiger partial charge >= 0.3 is 6.09 Å². The number of rotatable bonds is 3. The van der Waals surface area contributed by atoms with Crippen molar-refractivity contribution in [3.05, 3.63) is 29.8 Å². The molecule has 26 heavy (non-hydrogen) atoms. The van der Waals surface area contributed by atoms with Crippen LogP contribution >= 0.6 is 0 Å². The Morgan fingerprint density at radius 2 is 1.62 bits per heavy atom. The summed E-state index contributed by atoms with van der Waals surface area (Å²) in [6.45, 7) is 10.6. The van der Waals surface area contributed by atoms with Gasteiger partial charge in [-0.05, 0) is 51.3 Å². The number of likely N-dealkylation sites (tertiary alicyclic amines) is 2. The van der Waals surface area contributed by atoms with Crippen LogP contribution in [0.1, 0.15) is 39.2 Å². The Bertz CT molecular complexity index is 674. The number of amides is 1. The lowest BCUT2D eigenvalue weighted by Gasteiger charge is -2.48. The molecule has 0 radical (unpaired) electrons. The summed E-state index contributed by atoms with van der Waals surface area (Å²) in [7, 11) is 1.70. The van der Waals surface area contributed by atoms with Gasteiger partial charge in [0.1, 0.15) is 11.4 Å². The fraction of sp³-hybridized carbons (Fsp3) is 0.667. The molecule has 2 saturated heterocycles. The third-order valence-corrected chi connectivity index (χ3v) is 6.46. The standard InChI is InChI=1S/C21H30N2O3/c1-19(2,3)26-18(24)23-14-20-9-10-21(20,15-23)13-22(12-20)11-16-5-7-17(25-4)8-6-16/h5-8H,9-15H2,1-4H3. The number of methoxy groups -OCH3 is 1. The van der Waals surface area contributed by atoms with Gasteiger partial charge in [-0.2, -0.15) is 0 Å². The second kappa shape index (κ2) is 5.88. The molecule has 0 spiro atoms. The maximum Gasteiger partial charge on any atom is 0.410 e. The molecule has 2 aliphatic heterocycles. The molecule has 1 aliphatic carbocycles. The fourth-order valence-electron chi connectivity index (χ4n) is 5.17. The second-order valence-electron chi connectivity index (χ2n) is 9.39. The summed E-state index contributed by atoms with van der Waals surface area (Å²) in [5, 5.41) is 0. The second-order valence-corrected chi connectivity index (χ2v) is 9.39. The van der Waals surface area contributed by atoms with E-state index in [1.165, 1.54) is 18.4 Å². The first-order chi connectivity index (χ1) is 12.2. The molecule has 2 unspecified atom stereocenters. The van der Waals surface area contributed by atoms with Gasteiger partial charge in [-0.1, -0.05) is 12.1 Å². The monoisotopic (exact) mass is 358 g/mol. The highest BCUT2D eigenvalue weighted by Gasteiger charge is 2.69. The first kappa shape index (κ1) is 17.7. The molecule has 5 nitrogen and oxygen atoms in total. The Balaban J connectivity index is 1.41. The first-order valence-corrected chi connectivity index (χ1v) is 9.58. The predicted molar refractivity (Wildman–Crippen MR) is 100 cm³/mol. The zero-order valence-electron chi connectivity index (χ0n) is 16.4. The van der Waals surface area contributed by atoms with E-state index < -0.39 is 5.60 Å². The molecule has 1 amide bonds. The maximum absolute atomic E-state index is 12.5. The third-order valence-electron chi connectivity index (χ3n) is 6.46. The first-order valence-electron chi connectivity index (χ1n) is 9.58. The van der Waals surface area contributed by atoms with E-state index in [0.717, 1.165) is 38.5 Å². The van der Waals surface area contributed by atoms with E-state index in [2.05, 4.69) is 17.0 Å². The van der Waals surface area contributed by atoms with Crippen molar-refractivity contribution in [1.29, 1.82) is 0 Å². The van der Waals surface area contributed by atoms with Crippen molar-refractivity contribution < 1.29 is 14.3 Å². The Morgan fingerprint density at radius 1 is 1.04 bits per heavy atom. The summed E-state index contributed by atoms with van der Waals surface area (Å²) < 4.78 is 10.9. The molecule has 3 fully saturated rings. The zero-order valence-corrected chi connectivity index (χ0v) is 16.4. The van der Waals surface area contributed by atoms with Crippen molar-refractivity contribution in [3.63, 3.8) is 0 Å². The quantitative estimate of drug-likeness (QED) is 0.829. The Morgan fingerprint density at radius 3 is 2.08 bits per heavy atom. The topological polar surface area (TPSA) is 42.0 Å². The zero-order chi connectivity index (χ0) is 18.6. The van der Waals surface area contributed by atoms with Gasteiger partial charge in [0.25, 0.3) is 0 Å². The van der Waals surface area contributed by atoms with Crippen LogP contribution in [0, 0.1) is 10.8 Å². The van der Waals surface area contributed by atoms with Crippen LogP contribution in [0.15, 0.2) is 24.3 Å². The molecule has 0 bridgehead atoms. The van der Waals surface area contributed by atoms with Crippen LogP contribution in [0.3, 0.4) is 0 Å². The smallest absolute Gasteiger partial charge is 0.410 e. The van der Waals surface area contributed by atoms with Crippen molar-refractivity contribution in [1.82, 2.24) is 9.80 Å². The fourth-order valence-corrected chi connectivity index (χ4v) is 5.17. The third kappa shape index (κ3) is 2.86. The van der Waals surface area contributed by atoms with Gasteiger partial charge in [-0.15, -0.1) is 0 Å². The van der Waals surface area contributed by atoms with Gasteiger partial charge in [-0.3, -0.25) is 4.90 Å². The Kier molecular flexibility index (Phi) is 3.99. The molecule has 0 N–H and O–H groups in total. The molecule has 0 aromatic heterocycles. The van der Waals surface area contributed by atoms with Crippen LogP contribution in [0.25, 0.3) is 0 Å². The molecular weight excluding hydrogens is 328 g/mol. The molecule has 4 rings (SSSR count). The highest BCUT2D eigenvalue weighted by molar-refractivity contribution is 5.69. The van der Waals surface area contributed by atoms with Crippen LogP contribution in [-0.4, -0.2) is 54.8 Å². The van der Waals surface area contributed by atoms with Crippen LogP contribution < -0.4 is 4.74 Å². The Labute approximate surface area is 156 Å². The van der Waals surface area contributed by atoms with E-state index >= 15 is 0 Å². The average molecular weight is 358 g/mol. The molecule has 142 valence electrons. The maximum atomic E-state index is 12.5. The average Bonchev–Trinajstić information content (AvgIpc) is 2.86. The summed E-state index contributed by atoms with van der Waals surface area (Å²) >= 11 is 0. The summed E-state index contributed by atoms with van der Waals surface area (Å²) in [6.07, 6.45) is 2.31. The van der Waals surface area contributed by atoms with Gasteiger partial charge in [0.2, 0.25) is 0 Å². The molecule has 2 heterocycles. The predicted octanol–water partition coefficient (Wildman–Crippen LogP) is 3.53. The number of nitrogens with zero attached hydrogens (tertiary/aromatic N) is 2. The lowest BCUT2D eigenvalue weighted by Crippen LogP contribution is -2.49. The number of carbonyl (C=O) groups is 1. The number of benzene rings is 1. The van der Waals surface area contributed by atoms with Crippen LogP contribution in [-0.2, 0) is 11.3 Å². The molecule has 5 heteroatoms. The van der Waals surface area contributed by atoms with E-state index in [0.29, 0.717) is 0 Å². The molecule has 1 aromatic rings. The van der Waals surface area contributed by atoms with E-state index in [4.69, 9.17) is 9.47 Å². The van der Waals surface area contributed by atoms with Crippen molar-refractivity contribution in [3.8, 4) is 5.75 Å². The highest BCUT2D eigenvalue weighted by Crippen LogP contribution is 2.65. The van der Waals surface area contributed by atoms with Crippen molar-refractivity contribution in [2.75, 3.05) is 33.3 Å². The number of hydrogen-bond donors (Lipinski definition) is 0. The molecule has 3 aliphatic rings. The van der Waals surface area contributed by atoms with Gasteiger partial charge in [0, 0.05) is 43.6 Å². The number of hydrogen-bond acceptors (Lipinski definition) is 4. The number of ether oxygens (including phenoxy) is 2. The summed E-state index contributed by atoms with van der Waals surface area (Å²) in [4.78, 5) is 17.0. The van der Waals surface area contributed by atoms with Crippen LogP contribution in [0.2, 0.25) is 0 Å². The van der Waals surface area contributed by atoms with Crippen molar-refractivity contribution in [2.24, 2.45) is 10.8 Å². The minimum absolute atomic E-state index is 0.144. The Hall–Kier alpha value is -1.75. The van der Waals surface area contributed by atoms with E-state index in [-0.39, 0.29) is 16.9 Å². The normalized spacial score (nSPS) is 30.5. The van der Waals surface area contributed by atoms with Crippen LogP contribution in [0.5, 0.6) is 5.75 Å². The molecule has 1 aromatic carbocycles. The number of carbonyl (C=O) groups excluding carboxylic acids is 1. The molecule has 1 saturated carbocycles. The van der Waals surface area contributed by atoms with E-state index in [1.54, 1.807) is 7.11 Å². The SMILES string of the molecule is COc1ccc(CN2CC34CCC3(C2)CN(C(=O)OC(C)(C)C)C4)cc1. The minimum Gasteiger partial charge on any atom is -0.497 e. The largest absolute Gasteiger partial charge is 0.497 e. The molecule has 2 atom stereocenters. The molecular formula is C21H30N2O3. The summed E-state index contributed by atoms with van der Waals surface area (Å²) in [5.74, 6) is 0.900. The van der Waals surface area contributed by atoms with Gasteiger partial charge in [-0.25, -0.2) is 4.79 Å². The minimum atomic E-state index is -0.427. The van der Waals surface area contributed by atoms with Crippen LogP contribution in [0.4, 0.5) is 4.79 Å². The highest BCUT2D eigenvalue weighted by atomic mass is 16.6. The van der Waals surface area contributed by atoms with Crippen molar-refractivity contribution in [2.45, 2.75) is 45.8 Å². The lowest BCUT2D eigenvalue weighted by atomic mass is 9.53. The van der Waals surface area contributed by atoms with Gasteiger partial charge in [0.15, 0.2) is 0 Å².